The van der Waals surface area contributed by atoms with Gasteiger partial charge in [-0.15, -0.1) is 0 Å². The van der Waals surface area contributed by atoms with Crippen LogP contribution in [-0.4, -0.2) is 85.5 Å². The normalized spacial score (nSPS) is 11.6. The van der Waals surface area contributed by atoms with Crippen LogP contribution in [0.3, 0.4) is 0 Å². The van der Waals surface area contributed by atoms with Crippen LogP contribution >= 0.6 is 0 Å². The highest BCUT2D eigenvalue weighted by Crippen LogP contribution is 2.09. The minimum atomic E-state index is -0.754. The van der Waals surface area contributed by atoms with Crippen LogP contribution in [0, 0.1) is 0 Å². The largest absolute Gasteiger partial charge is 0.461 e. The van der Waals surface area contributed by atoms with Gasteiger partial charge in [-0.25, -0.2) is 19.2 Å². The fraction of sp³-hybridized carbons (Fsp3) is 0.700. The lowest BCUT2D eigenvalue weighted by atomic mass is 10.2. The van der Waals surface area contributed by atoms with Crippen molar-refractivity contribution in [1.29, 1.82) is 0 Å². The van der Waals surface area contributed by atoms with Crippen LogP contribution in [0.25, 0.3) is 0 Å². The Hall–Kier alpha value is -2.78. The van der Waals surface area contributed by atoms with E-state index in [1.165, 1.54) is 23.9 Å². The Morgan fingerprint density at radius 1 is 0.667 bits per heavy atom. The van der Waals surface area contributed by atoms with Gasteiger partial charge >= 0.3 is 24.1 Å². The lowest BCUT2D eigenvalue weighted by Gasteiger charge is -2.24. The Labute approximate surface area is 178 Å². The van der Waals surface area contributed by atoms with E-state index in [9.17, 15) is 19.2 Å². The summed E-state index contributed by atoms with van der Waals surface area (Å²) in [6.45, 7) is 10.6. The molecule has 0 saturated heterocycles. The quantitative estimate of drug-likeness (QED) is 0.328. The first-order valence-corrected chi connectivity index (χ1v) is 9.50. The second-order valence-electron chi connectivity index (χ2n) is 8.47. The summed E-state index contributed by atoms with van der Waals surface area (Å²) in [6.07, 6.45) is 0.781. The molecule has 30 heavy (non-hydrogen) atoms. The SMILES string of the molecule is CN(CCOC(=O)/C=C/C(=O)OCCN(C)C(=O)OC(C)(C)C)C(=O)OC(C)(C)C. The fourth-order valence-corrected chi connectivity index (χ4v) is 1.66. The summed E-state index contributed by atoms with van der Waals surface area (Å²) in [5.74, 6) is -1.51. The molecular formula is C20H34N2O8. The van der Waals surface area contributed by atoms with Gasteiger partial charge in [0.25, 0.3) is 0 Å². The van der Waals surface area contributed by atoms with Crippen LogP contribution in [0.2, 0.25) is 0 Å². The molecule has 0 rings (SSSR count). The van der Waals surface area contributed by atoms with Crippen molar-refractivity contribution in [2.75, 3.05) is 40.4 Å². The summed E-state index contributed by atoms with van der Waals surface area (Å²) in [6, 6.07) is 0. The number of ether oxygens (including phenoxy) is 4. The monoisotopic (exact) mass is 430 g/mol. The number of amides is 2. The number of rotatable bonds is 8. The van der Waals surface area contributed by atoms with Crippen LogP contribution in [0.4, 0.5) is 9.59 Å². The van der Waals surface area contributed by atoms with Gasteiger partial charge in [-0.2, -0.15) is 0 Å². The Morgan fingerprint density at radius 2 is 0.967 bits per heavy atom. The van der Waals surface area contributed by atoms with Gasteiger partial charge < -0.3 is 28.7 Å². The van der Waals surface area contributed by atoms with Crippen LogP contribution < -0.4 is 0 Å². The number of hydrogen-bond acceptors (Lipinski definition) is 8. The van der Waals surface area contributed by atoms with E-state index in [2.05, 4.69) is 0 Å². The lowest BCUT2D eigenvalue weighted by molar-refractivity contribution is -0.140. The maximum atomic E-state index is 11.8. The molecule has 0 aliphatic carbocycles. The van der Waals surface area contributed by atoms with E-state index in [1.807, 2.05) is 0 Å². The average molecular weight is 430 g/mol. The van der Waals surface area contributed by atoms with Gasteiger partial charge in [-0.3, -0.25) is 0 Å². The molecule has 0 bridgehead atoms. The molecule has 10 nitrogen and oxygen atoms in total. The highest BCUT2D eigenvalue weighted by molar-refractivity contribution is 5.91. The molecule has 0 aliphatic rings. The molecule has 0 fully saturated rings. The molecule has 0 unspecified atom stereocenters. The summed E-state index contributed by atoms with van der Waals surface area (Å²) in [5.41, 5.74) is -1.24. The first kappa shape index (κ1) is 27.2. The van der Waals surface area contributed by atoms with Gasteiger partial charge in [-0.05, 0) is 41.5 Å². The molecule has 0 aromatic rings. The van der Waals surface area contributed by atoms with Gasteiger partial charge in [0, 0.05) is 26.2 Å². The fourth-order valence-electron chi connectivity index (χ4n) is 1.66. The first-order chi connectivity index (χ1) is 13.6. The third kappa shape index (κ3) is 14.3. The third-order valence-electron chi connectivity index (χ3n) is 3.11. The van der Waals surface area contributed by atoms with E-state index in [-0.39, 0.29) is 26.3 Å². The van der Waals surface area contributed by atoms with E-state index in [4.69, 9.17) is 18.9 Å². The number of nitrogens with zero attached hydrogens (tertiary/aromatic N) is 2. The Morgan fingerprint density at radius 3 is 1.23 bits per heavy atom. The third-order valence-corrected chi connectivity index (χ3v) is 3.11. The predicted molar refractivity (Wildman–Crippen MR) is 109 cm³/mol. The van der Waals surface area contributed by atoms with Gasteiger partial charge in [0.05, 0.1) is 13.1 Å². The number of hydrogen-bond donors (Lipinski definition) is 0. The molecule has 172 valence electrons. The van der Waals surface area contributed by atoms with E-state index < -0.39 is 35.3 Å². The van der Waals surface area contributed by atoms with Crippen LogP contribution in [0.15, 0.2) is 12.2 Å². The van der Waals surface area contributed by atoms with E-state index >= 15 is 0 Å². The highest BCUT2D eigenvalue weighted by Gasteiger charge is 2.20. The van der Waals surface area contributed by atoms with Gasteiger partial charge in [0.15, 0.2) is 0 Å². The summed E-state index contributed by atoms with van der Waals surface area (Å²) < 4.78 is 20.2. The van der Waals surface area contributed by atoms with Crippen molar-refractivity contribution in [2.45, 2.75) is 52.7 Å². The lowest BCUT2D eigenvalue weighted by Crippen LogP contribution is -2.36. The summed E-state index contributed by atoms with van der Waals surface area (Å²) in [4.78, 5) is 49.3. The number of carbonyl (C=O) groups is 4. The van der Waals surface area contributed by atoms with Crippen molar-refractivity contribution >= 4 is 24.1 Å². The van der Waals surface area contributed by atoms with Crippen molar-refractivity contribution in [2.24, 2.45) is 0 Å². The molecule has 10 heteroatoms. The molecule has 0 aromatic heterocycles. The molecule has 0 aromatic carbocycles. The smallest absolute Gasteiger partial charge is 0.410 e. The second kappa shape index (κ2) is 12.0. The Balaban J connectivity index is 4.13. The molecule has 0 aliphatic heterocycles. The molecule has 0 radical (unpaired) electrons. The standard InChI is InChI=1S/C20H34N2O8/c1-19(2,3)29-17(25)21(7)11-13-27-15(23)9-10-16(24)28-14-12-22(8)18(26)30-20(4,5)6/h9-10H,11-14H2,1-8H3/b10-9+. The molecule has 0 spiro atoms. The minimum Gasteiger partial charge on any atom is -0.461 e. The average Bonchev–Trinajstić information content (AvgIpc) is 2.56. The molecule has 0 atom stereocenters. The predicted octanol–water partition coefficient (Wildman–Crippen LogP) is 2.36. The molecule has 0 saturated carbocycles. The Kier molecular flexibility index (Phi) is 10.9. The maximum absolute atomic E-state index is 11.8. The zero-order chi connectivity index (χ0) is 23.5. The van der Waals surface area contributed by atoms with Crippen LogP contribution in [0.1, 0.15) is 41.5 Å². The Bertz CT molecular complexity index is 578. The highest BCUT2D eigenvalue weighted by atomic mass is 16.6. The first-order valence-electron chi connectivity index (χ1n) is 9.50. The van der Waals surface area contributed by atoms with Crippen LogP contribution in [0.5, 0.6) is 0 Å². The summed E-state index contributed by atoms with van der Waals surface area (Å²) in [7, 11) is 3.03. The summed E-state index contributed by atoms with van der Waals surface area (Å²) in [5, 5.41) is 0. The molecule has 0 heterocycles. The summed E-state index contributed by atoms with van der Waals surface area (Å²) >= 11 is 0. The van der Waals surface area contributed by atoms with Gasteiger partial charge in [0.1, 0.15) is 24.4 Å². The molecule has 0 N–H and O–H groups in total. The van der Waals surface area contributed by atoms with Gasteiger partial charge in [0.2, 0.25) is 0 Å². The zero-order valence-electron chi connectivity index (χ0n) is 19.1. The van der Waals surface area contributed by atoms with Gasteiger partial charge in [-0.1, -0.05) is 0 Å². The van der Waals surface area contributed by atoms with E-state index in [0.29, 0.717) is 0 Å². The molecule has 2 amide bonds. The van der Waals surface area contributed by atoms with E-state index in [0.717, 1.165) is 12.2 Å². The topological polar surface area (TPSA) is 112 Å². The zero-order valence-corrected chi connectivity index (χ0v) is 19.1. The van der Waals surface area contributed by atoms with Crippen LogP contribution in [-0.2, 0) is 28.5 Å². The molecular weight excluding hydrogens is 396 g/mol. The second-order valence-corrected chi connectivity index (χ2v) is 8.47. The van der Waals surface area contributed by atoms with Crippen molar-refractivity contribution in [3.63, 3.8) is 0 Å². The van der Waals surface area contributed by atoms with Crippen molar-refractivity contribution < 1.29 is 38.1 Å². The van der Waals surface area contributed by atoms with Crippen molar-refractivity contribution in [1.82, 2.24) is 9.80 Å². The van der Waals surface area contributed by atoms with Crippen molar-refractivity contribution in [3.05, 3.63) is 12.2 Å². The number of carbonyl (C=O) groups excluding carboxylic acids is 4. The van der Waals surface area contributed by atoms with E-state index in [1.54, 1.807) is 41.5 Å². The number of esters is 2. The minimum absolute atomic E-state index is 0.0609. The maximum Gasteiger partial charge on any atom is 0.410 e. The van der Waals surface area contributed by atoms with Crippen molar-refractivity contribution in [3.8, 4) is 0 Å². The number of likely N-dealkylation sites (N-methyl/N-ethyl adjacent to an activating group) is 2.